The van der Waals surface area contributed by atoms with E-state index in [0.717, 1.165) is 19.1 Å². The third-order valence-corrected chi connectivity index (χ3v) is 4.10. The fraction of sp³-hybridized carbons (Fsp3) is 0.889. The minimum absolute atomic E-state index is 0.781. The van der Waals surface area contributed by atoms with Crippen molar-refractivity contribution < 1.29 is 4.74 Å². The van der Waals surface area contributed by atoms with Gasteiger partial charge in [0, 0.05) is 13.2 Å². The molecule has 0 fully saturated rings. The number of ether oxygens (including phenoxy) is 1. The predicted molar refractivity (Wildman–Crippen MR) is 84.5 cm³/mol. The molecule has 1 heteroatoms. The second kappa shape index (κ2) is 12.7. The van der Waals surface area contributed by atoms with E-state index < -0.39 is 0 Å². The predicted octanol–water partition coefficient (Wildman–Crippen LogP) is 5.89. The van der Waals surface area contributed by atoms with E-state index in [9.17, 15) is 0 Å². The summed E-state index contributed by atoms with van der Waals surface area (Å²) in [4.78, 5) is 0. The van der Waals surface area contributed by atoms with Gasteiger partial charge in [-0.1, -0.05) is 76.9 Å². The summed E-state index contributed by atoms with van der Waals surface area (Å²) in [6.07, 6.45) is 21.1. The molecule has 0 heterocycles. The van der Waals surface area contributed by atoms with Crippen molar-refractivity contribution in [3.63, 3.8) is 0 Å². The van der Waals surface area contributed by atoms with Gasteiger partial charge >= 0.3 is 0 Å². The fourth-order valence-electron chi connectivity index (χ4n) is 2.75. The van der Waals surface area contributed by atoms with E-state index in [1.165, 1.54) is 77.0 Å². The largest absolute Gasteiger partial charge is 0.381 e. The molecule has 0 radical (unpaired) electrons. The van der Waals surface area contributed by atoms with E-state index in [1.807, 2.05) is 0 Å². The third-order valence-electron chi connectivity index (χ3n) is 4.10. The average Bonchev–Trinajstić information content (AvgIpc) is 2.93. The molecule has 0 amide bonds. The first-order valence-electron chi connectivity index (χ1n) is 8.66. The molecule has 0 aromatic rings. The van der Waals surface area contributed by atoms with Crippen LogP contribution in [0.4, 0.5) is 0 Å². The number of allylic oxidation sites excluding steroid dienone is 2. The maximum Gasteiger partial charge on any atom is 0.0500 e. The van der Waals surface area contributed by atoms with Gasteiger partial charge < -0.3 is 4.74 Å². The topological polar surface area (TPSA) is 9.23 Å². The van der Waals surface area contributed by atoms with E-state index in [-0.39, 0.29) is 0 Å². The first-order valence-corrected chi connectivity index (χ1v) is 8.66. The molecule has 0 bridgehead atoms. The molecular weight excluding hydrogens is 232 g/mol. The van der Waals surface area contributed by atoms with Gasteiger partial charge in [-0.3, -0.25) is 0 Å². The van der Waals surface area contributed by atoms with Crippen LogP contribution in [0.15, 0.2) is 12.2 Å². The molecule has 0 saturated heterocycles. The van der Waals surface area contributed by atoms with Crippen LogP contribution < -0.4 is 0 Å². The van der Waals surface area contributed by atoms with Gasteiger partial charge in [0.25, 0.3) is 0 Å². The minimum atomic E-state index is 0.781. The van der Waals surface area contributed by atoms with Gasteiger partial charge in [-0.05, 0) is 25.2 Å². The highest BCUT2D eigenvalue weighted by atomic mass is 16.5. The SMILES string of the molecule is CCCCCCCCCCCCOCC1CC=CC1. The zero-order valence-electron chi connectivity index (χ0n) is 13.0. The number of rotatable bonds is 13. The van der Waals surface area contributed by atoms with E-state index in [2.05, 4.69) is 19.1 Å². The van der Waals surface area contributed by atoms with Crippen LogP contribution in [0, 0.1) is 5.92 Å². The molecule has 0 aromatic heterocycles. The van der Waals surface area contributed by atoms with Crippen LogP contribution in [0.1, 0.15) is 84.0 Å². The molecular formula is C18H34O. The van der Waals surface area contributed by atoms with E-state index in [1.54, 1.807) is 0 Å². The molecule has 1 aliphatic carbocycles. The lowest BCUT2D eigenvalue weighted by Gasteiger charge is -2.09. The van der Waals surface area contributed by atoms with E-state index in [4.69, 9.17) is 4.74 Å². The summed E-state index contributed by atoms with van der Waals surface area (Å²) >= 11 is 0. The fourth-order valence-corrected chi connectivity index (χ4v) is 2.75. The highest BCUT2D eigenvalue weighted by molar-refractivity contribution is 4.93. The molecule has 0 aromatic carbocycles. The monoisotopic (exact) mass is 266 g/mol. The Labute approximate surface area is 120 Å². The molecule has 0 unspecified atom stereocenters. The van der Waals surface area contributed by atoms with Crippen molar-refractivity contribution in [3.8, 4) is 0 Å². The second-order valence-electron chi connectivity index (χ2n) is 6.07. The van der Waals surface area contributed by atoms with Gasteiger partial charge in [0.2, 0.25) is 0 Å². The van der Waals surface area contributed by atoms with Crippen LogP contribution in [-0.4, -0.2) is 13.2 Å². The molecule has 0 spiro atoms. The summed E-state index contributed by atoms with van der Waals surface area (Å²) in [7, 11) is 0. The number of unbranched alkanes of at least 4 members (excludes halogenated alkanes) is 9. The number of hydrogen-bond donors (Lipinski definition) is 0. The maximum atomic E-state index is 5.75. The van der Waals surface area contributed by atoms with Crippen LogP contribution in [-0.2, 0) is 4.74 Å². The van der Waals surface area contributed by atoms with Crippen molar-refractivity contribution >= 4 is 0 Å². The Morgan fingerprint density at radius 2 is 1.32 bits per heavy atom. The molecule has 0 aliphatic heterocycles. The van der Waals surface area contributed by atoms with Crippen LogP contribution in [0.5, 0.6) is 0 Å². The Morgan fingerprint density at radius 1 is 0.789 bits per heavy atom. The second-order valence-corrected chi connectivity index (χ2v) is 6.07. The van der Waals surface area contributed by atoms with E-state index in [0.29, 0.717) is 0 Å². The van der Waals surface area contributed by atoms with Crippen molar-refractivity contribution in [2.75, 3.05) is 13.2 Å². The van der Waals surface area contributed by atoms with Crippen molar-refractivity contribution in [2.45, 2.75) is 84.0 Å². The normalized spacial score (nSPS) is 15.4. The standard InChI is InChI=1S/C18H34O/c1-2-3-4-5-6-7-8-9-10-13-16-19-17-18-14-11-12-15-18/h11-12,18H,2-10,13-17H2,1H3. The van der Waals surface area contributed by atoms with Crippen molar-refractivity contribution in [1.29, 1.82) is 0 Å². The van der Waals surface area contributed by atoms with Gasteiger partial charge in [-0.25, -0.2) is 0 Å². The zero-order chi connectivity index (χ0) is 13.6. The highest BCUT2D eigenvalue weighted by Crippen LogP contribution is 2.17. The zero-order valence-corrected chi connectivity index (χ0v) is 13.0. The van der Waals surface area contributed by atoms with Crippen LogP contribution in [0.25, 0.3) is 0 Å². The molecule has 1 aliphatic rings. The summed E-state index contributed by atoms with van der Waals surface area (Å²) in [5, 5.41) is 0. The van der Waals surface area contributed by atoms with Crippen LogP contribution >= 0.6 is 0 Å². The molecule has 0 saturated carbocycles. The first-order chi connectivity index (χ1) is 9.43. The first kappa shape index (κ1) is 16.8. The van der Waals surface area contributed by atoms with Crippen molar-refractivity contribution in [2.24, 2.45) is 5.92 Å². The molecule has 0 atom stereocenters. The van der Waals surface area contributed by atoms with Crippen LogP contribution in [0.3, 0.4) is 0 Å². The molecule has 1 rings (SSSR count). The lowest BCUT2D eigenvalue weighted by Crippen LogP contribution is -2.06. The lowest BCUT2D eigenvalue weighted by atomic mass is 10.1. The third kappa shape index (κ3) is 10.2. The smallest absolute Gasteiger partial charge is 0.0500 e. The molecule has 112 valence electrons. The van der Waals surface area contributed by atoms with Gasteiger partial charge in [0.05, 0.1) is 0 Å². The van der Waals surface area contributed by atoms with Crippen molar-refractivity contribution in [1.82, 2.24) is 0 Å². The van der Waals surface area contributed by atoms with Gasteiger partial charge in [-0.2, -0.15) is 0 Å². The highest BCUT2D eigenvalue weighted by Gasteiger charge is 2.09. The molecule has 0 N–H and O–H groups in total. The number of hydrogen-bond acceptors (Lipinski definition) is 1. The Balaban J connectivity index is 1.67. The van der Waals surface area contributed by atoms with Gasteiger partial charge in [-0.15, -0.1) is 0 Å². The Kier molecular flexibility index (Phi) is 11.2. The Morgan fingerprint density at radius 3 is 1.89 bits per heavy atom. The van der Waals surface area contributed by atoms with Gasteiger partial charge in [0.15, 0.2) is 0 Å². The quantitative estimate of drug-likeness (QED) is 0.298. The van der Waals surface area contributed by atoms with Gasteiger partial charge in [0.1, 0.15) is 0 Å². The average molecular weight is 266 g/mol. The summed E-state index contributed by atoms with van der Waals surface area (Å²) in [6, 6.07) is 0. The maximum absolute atomic E-state index is 5.75. The van der Waals surface area contributed by atoms with Crippen molar-refractivity contribution in [3.05, 3.63) is 12.2 Å². The van der Waals surface area contributed by atoms with E-state index >= 15 is 0 Å². The summed E-state index contributed by atoms with van der Waals surface area (Å²) in [6.45, 7) is 4.24. The Bertz CT molecular complexity index is 202. The van der Waals surface area contributed by atoms with Crippen LogP contribution in [0.2, 0.25) is 0 Å². The molecule has 19 heavy (non-hydrogen) atoms. The summed E-state index contributed by atoms with van der Waals surface area (Å²) in [5.41, 5.74) is 0. The molecule has 1 nitrogen and oxygen atoms in total. The lowest BCUT2D eigenvalue weighted by molar-refractivity contribution is 0.0995. The summed E-state index contributed by atoms with van der Waals surface area (Å²) < 4.78 is 5.75. The minimum Gasteiger partial charge on any atom is -0.381 e. The Hall–Kier alpha value is -0.300. The summed E-state index contributed by atoms with van der Waals surface area (Å²) in [5.74, 6) is 0.781.